The molecule has 5 heteroatoms. The van der Waals surface area contributed by atoms with Gasteiger partial charge in [-0.2, -0.15) is 0 Å². The average molecular weight is 370 g/mol. The molecule has 0 bridgehead atoms. The number of aromatic nitrogens is 2. The van der Waals surface area contributed by atoms with E-state index >= 15 is 0 Å². The monoisotopic (exact) mass is 370 g/mol. The lowest BCUT2D eigenvalue weighted by molar-refractivity contribution is -0.114. The minimum absolute atomic E-state index is 0.0363. The SMILES string of the molecule is CC(=O)Nc1ccc(NC(c2ccncc2)c2c(C)[nH]c3ccccc23)cc1. The van der Waals surface area contributed by atoms with Crippen LogP contribution in [-0.2, 0) is 4.79 Å². The van der Waals surface area contributed by atoms with Gasteiger partial charge in [-0.05, 0) is 55.0 Å². The van der Waals surface area contributed by atoms with Gasteiger partial charge in [0.1, 0.15) is 0 Å². The lowest BCUT2D eigenvalue weighted by Gasteiger charge is -2.21. The number of anilines is 2. The van der Waals surface area contributed by atoms with Crippen molar-refractivity contribution in [3.63, 3.8) is 0 Å². The van der Waals surface area contributed by atoms with Crippen LogP contribution in [0.15, 0.2) is 73.1 Å². The summed E-state index contributed by atoms with van der Waals surface area (Å²) in [4.78, 5) is 18.9. The molecule has 0 saturated carbocycles. The second-order valence-corrected chi connectivity index (χ2v) is 6.83. The molecule has 4 rings (SSSR count). The van der Waals surface area contributed by atoms with E-state index in [2.05, 4.69) is 45.7 Å². The highest BCUT2D eigenvalue weighted by molar-refractivity contribution is 5.89. The van der Waals surface area contributed by atoms with Crippen LogP contribution >= 0.6 is 0 Å². The standard InChI is InChI=1S/C23H22N4O/c1-15-22(20-5-3-4-6-21(20)25-15)23(17-11-13-24-14-12-17)27-19-9-7-18(8-10-19)26-16(2)28/h3-14,23,25,27H,1-2H3,(H,26,28). The molecule has 5 nitrogen and oxygen atoms in total. The van der Waals surface area contributed by atoms with Gasteiger partial charge in [0.25, 0.3) is 0 Å². The van der Waals surface area contributed by atoms with E-state index in [1.807, 2.05) is 54.9 Å². The molecule has 0 aliphatic rings. The number of amides is 1. The van der Waals surface area contributed by atoms with Crippen molar-refractivity contribution in [3.05, 3.63) is 89.9 Å². The first-order chi connectivity index (χ1) is 13.6. The van der Waals surface area contributed by atoms with Gasteiger partial charge in [0, 0.05) is 52.9 Å². The number of hydrogen-bond acceptors (Lipinski definition) is 3. The Kier molecular flexibility index (Phi) is 4.81. The number of nitrogens with one attached hydrogen (secondary N) is 3. The van der Waals surface area contributed by atoms with Crippen LogP contribution in [0.1, 0.15) is 29.8 Å². The Hall–Kier alpha value is -3.60. The van der Waals surface area contributed by atoms with E-state index in [1.54, 1.807) is 0 Å². The van der Waals surface area contributed by atoms with Gasteiger partial charge in [-0.25, -0.2) is 0 Å². The van der Waals surface area contributed by atoms with Crippen LogP contribution < -0.4 is 10.6 Å². The molecule has 0 radical (unpaired) electrons. The molecule has 3 N–H and O–H groups in total. The third-order valence-electron chi connectivity index (χ3n) is 4.79. The van der Waals surface area contributed by atoms with Crippen LogP contribution in [-0.4, -0.2) is 15.9 Å². The summed E-state index contributed by atoms with van der Waals surface area (Å²) < 4.78 is 0. The summed E-state index contributed by atoms with van der Waals surface area (Å²) in [7, 11) is 0. The third kappa shape index (κ3) is 3.60. The lowest BCUT2D eigenvalue weighted by atomic mass is 9.96. The summed E-state index contributed by atoms with van der Waals surface area (Å²) in [5, 5.41) is 7.65. The number of carbonyl (C=O) groups excluding carboxylic acids is 1. The van der Waals surface area contributed by atoms with Gasteiger partial charge in [-0.1, -0.05) is 18.2 Å². The number of pyridine rings is 1. The molecule has 1 atom stereocenters. The van der Waals surface area contributed by atoms with Crippen LogP contribution in [0.5, 0.6) is 0 Å². The zero-order chi connectivity index (χ0) is 19.5. The number of rotatable bonds is 5. The summed E-state index contributed by atoms with van der Waals surface area (Å²) in [5.41, 5.74) is 6.35. The van der Waals surface area contributed by atoms with Gasteiger partial charge < -0.3 is 15.6 Å². The van der Waals surface area contributed by atoms with E-state index in [0.717, 1.165) is 28.1 Å². The molecule has 2 aromatic carbocycles. The van der Waals surface area contributed by atoms with Gasteiger partial charge in [0.05, 0.1) is 6.04 Å². The van der Waals surface area contributed by atoms with Crippen LogP contribution in [0.3, 0.4) is 0 Å². The number of aryl methyl sites for hydroxylation is 1. The molecule has 0 aliphatic carbocycles. The lowest BCUT2D eigenvalue weighted by Crippen LogP contribution is -2.13. The normalized spacial score (nSPS) is 11.9. The van der Waals surface area contributed by atoms with Crippen molar-refractivity contribution in [3.8, 4) is 0 Å². The van der Waals surface area contributed by atoms with Gasteiger partial charge in [-0.15, -0.1) is 0 Å². The zero-order valence-electron chi connectivity index (χ0n) is 15.9. The molecule has 0 aliphatic heterocycles. The predicted octanol–water partition coefficient (Wildman–Crippen LogP) is 5.03. The van der Waals surface area contributed by atoms with Crippen molar-refractivity contribution in [2.75, 3.05) is 10.6 Å². The van der Waals surface area contributed by atoms with Crippen LogP contribution in [0.2, 0.25) is 0 Å². The van der Waals surface area contributed by atoms with E-state index in [9.17, 15) is 4.79 Å². The summed E-state index contributed by atoms with van der Waals surface area (Å²) >= 11 is 0. The van der Waals surface area contributed by atoms with Crippen molar-refractivity contribution in [2.45, 2.75) is 19.9 Å². The summed E-state index contributed by atoms with van der Waals surface area (Å²) in [6.45, 7) is 3.61. The molecule has 0 fully saturated rings. The van der Waals surface area contributed by atoms with Crippen LogP contribution in [0.25, 0.3) is 10.9 Å². The van der Waals surface area contributed by atoms with Crippen molar-refractivity contribution < 1.29 is 4.79 Å². The minimum Gasteiger partial charge on any atom is -0.374 e. The van der Waals surface area contributed by atoms with Crippen molar-refractivity contribution in [1.82, 2.24) is 9.97 Å². The fourth-order valence-corrected chi connectivity index (χ4v) is 3.57. The Morgan fingerprint density at radius 1 is 0.964 bits per heavy atom. The maximum absolute atomic E-state index is 11.2. The number of para-hydroxylation sites is 1. The van der Waals surface area contributed by atoms with Gasteiger partial charge in [0.15, 0.2) is 0 Å². The summed E-state index contributed by atoms with van der Waals surface area (Å²) in [6.07, 6.45) is 3.63. The first-order valence-electron chi connectivity index (χ1n) is 9.23. The molecule has 0 spiro atoms. The number of carbonyl (C=O) groups is 1. The molecular weight excluding hydrogens is 348 g/mol. The van der Waals surface area contributed by atoms with E-state index in [1.165, 1.54) is 17.9 Å². The van der Waals surface area contributed by atoms with E-state index in [-0.39, 0.29) is 11.9 Å². The zero-order valence-corrected chi connectivity index (χ0v) is 15.9. The molecule has 4 aromatic rings. The summed E-state index contributed by atoms with van der Waals surface area (Å²) in [5.74, 6) is -0.0789. The minimum atomic E-state index is -0.0789. The Morgan fingerprint density at radius 3 is 2.36 bits per heavy atom. The van der Waals surface area contributed by atoms with Crippen LogP contribution in [0, 0.1) is 6.92 Å². The molecule has 140 valence electrons. The second-order valence-electron chi connectivity index (χ2n) is 6.83. The van der Waals surface area contributed by atoms with Gasteiger partial charge in [0.2, 0.25) is 5.91 Å². The predicted molar refractivity (Wildman–Crippen MR) is 113 cm³/mol. The Morgan fingerprint density at radius 2 is 1.64 bits per heavy atom. The number of aromatic amines is 1. The smallest absolute Gasteiger partial charge is 0.221 e. The summed E-state index contributed by atoms with van der Waals surface area (Å²) in [6, 6.07) is 20.1. The van der Waals surface area contributed by atoms with E-state index in [0.29, 0.717) is 0 Å². The van der Waals surface area contributed by atoms with Crippen molar-refractivity contribution in [1.29, 1.82) is 0 Å². The number of nitrogens with zero attached hydrogens (tertiary/aromatic N) is 1. The highest BCUT2D eigenvalue weighted by atomic mass is 16.1. The topological polar surface area (TPSA) is 69.8 Å². The molecular formula is C23H22N4O. The second kappa shape index (κ2) is 7.56. The largest absolute Gasteiger partial charge is 0.374 e. The van der Waals surface area contributed by atoms with Crippen molar-refractivity contribution >= 4 is 28.2 Å². The number of benzene rings is 2. The highest BCUT2D eigenvalue weighted by Crippen LogP contribution is 2.34. The Bertz CT molecular complexity index is 1100. The van der Waals surface area contributed by atoms with E-state index in [4.69, 9.17) is 0 Å². The van der Waals surface area contributed by atoms with Gasteiger partial charge >= 0.3 is 0 Å². The van der Waals surface area contributed by atoms with Crippen molar-refractivity contribution in [2.24, 2.45) is 0 Å². The maximum atomic E-state index is 11.2. The Labute approximate surface area is 163 Å². The van der Waals surface area contributed by atoms with E-state index < -0.39 is 0 Å². The molecule has 1 amide bonds. The highest BCUT2D eigenvalue weighted by Gasteiger charge is 2.20. The van der Waals surface area contributed by atoms with Gasteiger partial charge in [-0.3, -0.25) is 9.78 Å². The van der Waals surface area contributed by atoms with Crippen LogP contribution in [0.4, 0.5) is 11.4 Å². The number of H-pyrrole nitrogens is 1. The number of fused-ring (bicyclic) bond motifs is 1. The number of hydrogen-bond donors (Lipinski definition) is 3. The first-order valence-corrected chi connectivity index (χ1v) is 9.23. The molecule has 2 heterocycles. The molecule has 28 heavy (non-hydrogen) atoms. The quantitative estimate of drug-likeness (QED) is 0.461. The maximum Gasteiger partial charge on any atom is 0.221 e. The average Bonchev–Trinajstić information content (AvgIpc) is 3.03. The Balaban J connectivity index is 1.75. The molecule has 0 saturated heterocycles. The third-order valence-corrected chi connectivity index (χ3v) is 4.79. The molecule has 2 aromatic heterocycles. The fourth-order valence-electron chi connectivity index (χ4n) is 3.57. The first kappa shape index (κ1) is 17.8. The molecule has 1 unspecified atom stereocenters. The fraction of sp³-hybridized carbons (Fsp3) is 0.130.